The number of likely N-dealkylation sites (tertiary alicyclic amines) is 1. The summed E-state index contributed by atoms with van der Waals surface area (Å²) in [7, 11) is 0. The van der Waals surface area contributed by atoms with E-state index in [1.54, 1.807) is 6.92 Å². The van der Waals surface area contributed by atoms with Crippen LogP contribution in [0.25, 0.3) is 0 Å². The van der Waals surface area contributed by atoms with Crippen LogP contribution in [0.1, 0.15) is 45.4 Å². The predicted octanol–water partition coefficient (Wildman–Crippen LogP) is 1.44. The first-order chi connectivity index (χ1) is 7.52. The van der Waals surface area contributed by atoms with Gasteiger partial charge >= 0.3 is 5.97 Å². The van der Waals surface area contributed by atoms with E-state index in [0.717, 1.165) is 26.1 Å². The summed E-state index contributed by atoms with van der Waals surface area (Å²) < 4.78 is 0. The van der Waals surface area contributed by atoms with Crippen LogP contribution in [0.5, 0.6) is 0 Å². The molecule has 0 amide bonds. The zero-order valence-electron chi connectivity index (χ0n) is 10.2. The lowest BCUT2D eigenvalue weighted by Gasteiger charge is -2.23. The molecule has 1 saturated heterocycles. The highest BCUT2D eigenvalue weighted by molar-refractivity contribution is 5.77. The van der Waals surface area contributed by atoms with Gasteiger partial charge in [0.25, 0.3) is 0 Å². The molecule has 16 heavy (non-hydrogen) atoms. The lowest BCUT2D eigenvalue weighted by molar-refractivity contribution is -0.142. The van der Waals surface area contributed by atoms with Gasteiger partial charge in [-0.3, -0.25) is 4.79 Å². The molecule has 1 heterocycles. The van der Waals surface area contributed by atoms with E-state index in [1.165, 1.54) is 25.7 Å². The number of rotatable bonds is 5. The fourth-order valence-corrected chi connectivity index (χ4v) is 2.14. The second-order valence-electron chi connectivity index (χ2n) is 5.08. The van der Waals surface area contributed by atoms with Crippen molar-refractivity contribution in [2.75, 3.05) is 19.6 Å². The predicted molar refractivity (Wildman–Crippen MR) is 64.4 cm³/mol. The Morgan fingerprint density at radius 1 is 1.31 bits per heavy atom. The Morgan fingerprint density at radius 3 is 2.38 bits per heavy atom. The first-order valence-corrected chi connectivity index (χ1v) is 6.27. The molecule has 0 bridgehead atoms. The number of hydrogen-bond acceptors (Lipinski definition) is 3. The van der Waals surface area contributed by atoms with Crippen LogP contribution in [0.2, 0.25) is 0 Å². The number of nitrogens with zero attached hydrogens (tertiary/aromatic N) is 1. The summed E-state index contributed by atoms with van der Waals surface area (Å²) in [6.45, 7) is 4.90. The SMILES string of the molecule is CC(N)(CCCN1CCCCCC1)C(=O)O. The molecule has 0 aromatic carbocycles. The highest BCUT2D eigenvalue weighted by Crippen LogP contribution is 2.13. The van der Waals surface area contributed by atoms with Gasteiger partial charge in [0.05, 0.1) is 0 Å². The molecule has 0 spiro atoms. The maximum Gasteiger partial charge on any atom is 0.323 e. The monoisotopic (exact) mass is 228 g/mol. The Kier molecular flexibility index (Phi) is 5.22. The van der Waals surface area contributed by atoms with E-state index in [9.17, 15) is 4.79 Å². The Bertz CT molecular complexity index is 221. The average molecular weight is 228 g/mol. The lowest BCUT2D eigenvalue weighted by Crippen LogP contribution is -2.45. The minimum Gasteiger partial charge on any atom is -0.480 e. The largest absolute Gasteiger partial charge is 0.480 e. The Hall–Kier alpha value is -0.610. The molecule has 1 aliphatic heterocycles. The molecule has 1 atom stereocenters. The van der Waals surface area contributed by atoms with Crippen LogP contribution in [-0.4, -0.2) is 41.1 Å². The number of aliphatic carboxylic acids is 1. The molecule has 3 N–H and O–H groups in total. The van der Waals surface area contributed by atoms with E-state index in [4.69, 9.17) is 10.8 Å². The highest BCUT2D eigenvalue weighted by Gasteiger charge is 2.27. The smallest absolute Gasteiger partial charge is 0.323 e. The third-order valence-electron chi connectivity index (χ3n) is 3.36. The van der Waals surface area contributed by atoms with Crippen LogP contribution in [0.4, 0.5) is 0 Å². The van der Waals surface area contributed by atoms with Crippen molar-refractivity contribution in [2.45, 2.75) is 51.0 Å². The van der Waals surface area contributed by atoms with Crippen molar-refractivity contribution < 1.29 is 9.90 Å². The number of nitrogens with two attached hydrogens (primary N) is 1. The van der Waals surface area contributed by atoms with Gasteiger partial charge in [-0.2, -0.15) is 0 Å². The summed E-state index contributed by atoms with van der Waals surface area (Å²) in [6.07, 6.45) is 6.65. The van der Waals surface area contributed by atoms with Crippen LogP contribution in [0.15, 0.2) is 0 Å². The summed E-state index contributed by atoms with van der Waals surface area (Å²) in [4.78, 5) is 13.3. The summed E-state index contributed by atoms with van der Waals surface area (Å²) >= 11 is 0. The molecule has 94 valence electrons. The number of carbonyl (C=O) groups is 1. The number of hydrogen-bond donors (Lipinski definition) is 2. The Balaban J connectivity index is 2.21. The van der Waals surface area contributed by atoms with Crippen molar-refractivity contribution in [1.82, 2.24) is 4.90 Å². The first kappa shape index (κ1) is 13.5. The van der Waals surface area contributed by atoms with Crippen LogP contribution in [0.3, 0.4) is 0 Å². The second-order valence-corrected chi connectivity index (χ2v) is 5.08. The van der Waals surface area contributed by atoms with Gasteiger partial charge in [-0.25, -0.2) is 0 Å². The van der Waals surface area contributed by atoms with E-state index < -0.39 is 11.5 Å². The van der Waals surface area contributed by atoms with Gasteiger partial charge < -0.3 is 15.7 Å². The molecule has 0 saturated carbocycles. The first-order valence-electron chi connectivity index (χ1n) is 6.27. The van der Waals surface area contributed by atoms with Gasteiger partial charge in [-0.05, 0) is 52.2 Å². The molecule has 4 nitrogen and oxygen atoms in total. The summed E-state index contributed by atoms with van der Waals surface area (Å²) in [5, 5.41) is 8.88. The van der Waals surface area contributed by atoms with Crippen LogP contribution < -0.4 is 5.73 Å². The number of carboxylic acid groups (broad SMARTS) is 1. The molecule has 1 rings (SSSR count). The molecular formula is C12H24N2O2. The average Bonchev–Trinajstić information content (AvgIpc) is 2.46. The molecule has 1 fully saturated rings. The third-order valence-corrected chi connectivity index (χ3v) is 3.36. The third kappa shape index (κ3) is 4.49. The maximum atomic E-state index is 10.8. The van der Waals surface area contributed by atoms with Gasteiger partial charge in [0.2, 0.25) is 0 Å². The topological polar surface area (TPSA) is 66.6 Å². The van der Waals surface area contributed by atoms with Crippen LogP contribution in [0, 0.1) is 0 Å². The molecule has 0 aromatic rings. The van der Waals surface area contributed by atoms with Gasteiger partial charge in [0.1, 0.15) is 5.54 Å². The normalized spacial score (nSPS) is 22.4. The van der Waals surface area contributed by atoms with E-state index in [2.05, 4.69) is 4.90 Å². The van der Waals surface area contributed by atoms with Crippen molar-refractivity contribution in [3.05, 3.63) is 0 Å². The molecule has 0 aromatic heterocycles. The molecule has 0 aliphatic carbocycles. The Labute approximate surface area is 97.8 Å². The highest BCUT2D eigenvalue weighted by atomic mass is 16.4. The molecular weight excluding hydrogens is 204 g/mol. The number of carboxylic acids is 1. The van der Waals surface area contributed by atoms with Gasteiger partial charge in [-0.1, -0.05) is 12.8 Å². The minimum absolute atomic E-state index is 0.554. The standard InChI is InChI=1S/C12H24N2O2/c1-12(13,11(15)16)7-6-10-14-8-4-2-3-5-9-14/h2-10,13H2,1H3,(H,15,16). The molecule has 0 radical (unpaired) electrons. The van der Waals surface area contributed by atoms with Crippen molar-refractivity contribution in [3.8, 4) is 0 Å². The summed E-state index contributed by atoms with van der Waals surface area (Å²) in [6, 6.07) is 0. The fraction of sp³-hybridized carbons (Fsp3) is 0.917. The van der Waals surface area contributed by atoms with Gasteiger partial charge in [-0.15, -0.1) is 0 Å². The Morgan fingerprint density at radius 2 is 1.88 bits per heavy atom. The minimum atomic E-state index is -1.06. The molecule has 1 unspecified atom stereocenters. The van der Waals surface area contributed by atoms with E-state index in [0.29, 0.717) is 6.42 Å². The van der Waals surface area contributed by atoms with Crippen molar-refractivity contribution in [3.63, 3.8) is 0 Å². The zero-order chi connectivity index (χ0) is 12.0. The molecule has 4 heteroatoms. The van der Waals surface area contributed by atoms with Gasteiger partial charge in [0, 0.05) is 0 Å². The van der Waals surface area contributed by atoms with Crippen LogP contribution >= 0.6 is 0 Å². The zero-order valence-corrected chi connectivity index (χ0v) is 10.2. The quantitative estimate of drug-likeness (QED) is 0.747. The maximum absolute atomic E-state index is 10.8. The summed E-state index contributed by atoms with van der Waals surface area (Å²) in [5.74, 6) is -0.900. The van der Waals surface area contributed by atoms with Crippen molar-refractivity contribution >= 4 is 5.97 Å². The van der Waals surface area contributed by atoms with Gasteiger partial charge in [0.15, 0.2) is 0 Å². The lowest BCUT2D eigenvalue weighted by atomic mass is 9.97. The fourth-order valence-electron chi connectivity index (χ4n) is 2.14. The van der Waals surface area contributed by atoms with E-state index >= 15 is 0 Å². The molecule has 1 aliphatic rings. The summed E-state index contributed by atoms with van der Waals surface area (Å²) in [5.41, 5.74) is 4.62. The second kappa shape index (κ2) is 6.21. The van der Waals surface area contributed by atoms with E-state index in [-0.39, 0.29) is 0 Å². The van der Waals surface area contributed by atoms with Crippen molar-refractivity contribution in [2.24, 2.45) is 5.73 Å². The van der Waals surface area contributed by atoms with Crippen molar-refractivity contribution in [1.29, 1.82) is 0 Å². The van der Waals surface area contributed by atoms with Crippen LogP contribution in [-0.2, 0) is 4.79 Å². The van der Waals surface area contributed by atoms with E-state index in [1.807, 2.05) is 0 Å².